The van der Waals surface area contributed by atoms with Crippen LogP contribution >= 0.6 is 27.5 Å². The second-order valence-corrected chi connectivity index (χ2v) is 5.80. The lowest BCUT2D eigenvalue weighted by atomic mass is 9.85. The third-order valence-electron chi connectivity index (χ3n) is 2.49. The van der Waals surface area contributed by atoms with Crippen molar-refractivity contribution in [2.45, 2.75) is 20.3 Å². The summed E-state index contributed by atoms with van der Waals surface area (Å²) in [6.45, 7) is 2.82. The number of Topliss-reactive ketones (excluding diaryl/α,β-unsaturated/α-hetero) is 1. The van der Waals surface area contributed by atoms with E-state index >= 15 is 0 Å². The lowest BCUT2D eigenvalue weighted by molar-refractivity contribution is -0.146. The van der Waals surface area contributed by atoms with Crippen LogP contribution in [0.1, 0.15) is 30.6 Å². The van der Waals surface area contributed by atoms with E-state index in [1.165, 1.54) is 19.9 Å². The Hall–Kier alpha value is -0.940. The Morgan fingerprint density at radius 1 is 1.44 bits per heavy atom. The van der Waals surface area contributed by atoms with Gasteiger partial charge < -0.3 is 5.11 Å². The second-order valence-electron chi connectivity index (χ2n) is 4.54. The molecule has 0 aliphatic heterocycles. The minimum atomic E-state index is -1.25. The monoisotopic (exact) mass is 336 g/mol. The summed E-state index contributed by atoms with van der Waals surface area (Å²) >= 11 is 8.82. The lowest BCUT2D eigenvalue weighted by Gasteiger charge is -2.18. The third-order valence-corrected chi connectivity index (χ3v) is 3.69. The van der Waals surface area contributed by atoms with Crippen LogP contribution in [0.15, 0.2) is 16.6 Å². The van der Waals surface area contributed by atoms with E-state index in [1.54, 1.807) is 0 Å². The molecule has 0 saturated carbocycles. The zero-order chi connectivity index (χ0) is 14.1. The van der Waals surface area contributed by atoms with E-state index in [0.29, 0.717) is 4.47 Å². The molecule has 1 aromatic carbocycles. The van der Waals surface area contributed by atoms with E-state index in [0.717, 1.165) is 6.07 Å². The molecule has 0 aromatic heterocycles. The molecule has 0 heterocycles. The molecule has 1 N–H and O–H groups in total. The highest BCUT2D eigenvalue weighted by molar-refractivity contribution is 9.10. The van der Waals surface area contributed by atoms with E-state index in [1.807, 2.05) is 0 Å². The summed E-state index contributed by atoms with van der Waals surface area (Å²) in [6.07, 6.45) is -0.294. The van der Waals surface area contributed by atoms with Gasteiger partial charge in [0, 0.05) is 10.9 Å². The summed E-state index contributed by atoms with van der Waals surface area (Å²) in [4.78, 5) is 22.8. The molecular formula is C12H11BrClFO3. The molecule has 0 spiro atoms. The molecule has 98 valence electrons. The van der Waals surface area contributed by atoms with E-state index in [4.69, 9.17) is 16.7 Å². The van der Waals surface area contributed by atoms with Crippen LogP contribution in [0.5, 0.6) is 0 Å². The number of hydrogen-bond donors (Lipinski definition) is 1. The van der Waals surface area contributed by atoms with Gasteiger partial charge in [0.05, 0.1) is 16.0 Å². The summed E-state index contributed by atoms with van der Waals surface area (Å²) in [5.74, 6) is -2.42. The van der Waals surface area contributed by atoms with E-state index in [9.17, 15) is 14.0 Å². The van der Waals surface area contributed by atoms with Gasteiger partial charge in [-0.1, -0.05) is 11.6 Å². The Bertz CT molecular complexity index is 514. The van der Waals surface area contributed by atoms with Crippen molar-refractivity contribution in [1.29, 1.82) is 0 Å². The van der Waals surface area contributed by atoms with Crippen molar-refractivity contribution in [3.05, 3.63) is 33.0 Å². The van der Waals surface area contributed by atoms with Gasteiger partial charge in [0.1, 0.15) is 5.82 Å². The molecule has 0 bridgehead atoms. The first-order chi connectivity index (χ1) is 8.15. The zero-order valence-corrected chi connectivity index (χ0v) is 12.1. The smallest absolute Gasteiger partial charge is 0.309 e. The van der Waals surface area contributed by atoms with Gasteiger partial charge in [0.25, 0.3) is 0 Å². The number of aliphatic carboxylic acids is 1. The van der Waals surface area contributed by atoms with Gasteiger partial charge in [-0.2, -0.15) is 0 Å². The van der Waals surface area contributed by atoms with Crippen LogP contribution in [0.4, 0.5) is 4.39 Å². The molecule has 0 aliphatic rings. The fourth-order valence-corrected chi connectivity index (χ4v) is 1.79. The molecule has 0 unspecified atom stereocenters. The summed E-state index contributed by atoms with van der Waals surface area (Å²) in [5, 5.41) is 9.13. The third kappa shape index (κ3) is 3.29. The molecule has 18 heavy (non-hydrogen) atoms. The quantitative estimate of drug-likeness (QED) is 0.669. The van der Waals surface area contributed by atoms with E-state index < -0.39 is 23.0 Å². The van der Waals surface area contributed by atoms with Crippen molar-refractivity contribution in [2.24, 2.45) is 5.41 Å². The molecular weight excluding hydrogens is 326 g/mol. The molecule has 1 aromatic rings. The average molecular weight is 338 g/mol. The predicted octanol–water partition coefficient (Wildman–Crippen LogP) is 3.93. The van der Waals surface area contributed by atoms with Crippen LogP contribution < -0.4 is 0 Å². The summed E-state index contributed by atoms with van der Waals surface area (Å²) in [5.41, 5.74) is -1.44. The molecule has 0 atom stereocenters. The maximum absolute atomic E-state index is 13.6. The Morgan fingerprint density at radius 3 is 2.50 bits per heavy atom. The molecule has 0 amide bonds. The number of halogens is 3. The highest BCUT2D eigenvalue weighted by Gasteiger charge is 2.31. The van der Waals surface area contributed by atoms with Crippen molar-refractivity contribution < 1.29 is 19.1 Å². The van der Waals surface area contributed by atoms with E-state index in [2.05, 4.69) is 15.9 Å². The second kappa shape index (κ2) is 5.36. The number of ketones is 1. The first kappa shape index (κ1) is 15.1. The van der Waals surface area contributed by atoms with Gasteiger partial charge in [-0.15, -0.1) is 0 Å². The van der Waals surface area contributed by atoms with Gasteiger partial charge in [-0.25, -0.2) is 4.39 Å². The highest BCUT2D eigenvalue weighted by Crippen LogP contribution is 2.29. The molecule has 3 nitrogen and oxygen atoms in total. The van der Waals surface area contributed by atoms with Gasteiger partial charge in [0.15, 0.2) is 5.78 Å². The van der Waals surface area contributed by atoms with Gasteiger partial charge >= 0.3 is 5.97 Å². The van der Waals surface area contributed by atoms with Crippen LogP contribution in [0.3, 0.4) is 0 Å². The standard InChI is InChI=1S/C12H11BrClFO3/c1-12(2,11(17)18)5-10(16)6-3-8(14)7(13)4-9(6)15/h3-4H,5H2,1-2H3,(H,17,18). The van der Waals surface area contributed by atoms with Crippen LogP contribution in [0.25, 0.3) is 0 Å². The van der Waals surface area contributed by atoms with Crippen LogP contribution in [0, 0.1) is 11.2 Å². The Labute approximate surface area is 117 Å². The molecule has 1 rings (SSSR count). The minimum Gasteiger partial charge on any atom is -0.481 e. The maximum Gasteiger partial charge on any atom is 0.309 e. The normalized spacial score (nSPS) is 11.4. The Balaban J connectivity index is 3.06. The topological polar surface area (TPSA) is 54.4 Å². The van der Waals surface area contributed by atoms with Crippen molar-refractivity contribution in [1.82, 2.24) is 0 Å². The number of benzene rings is 1. The SMILES string of the molecule is CC(C)(CC(=O)c1cc(Cl)c(Br)cc1F)C(=O)O. The maximum atomic E-state index is 13.6. The van der Waals surface area contributed by atoms with Crippen LogP contribution in [0.2, 0.25) is 5.02 Å². The van der Waals surface area contributed by atoms with Crippen molar-refractivity contribution in [2.75, 3.05) is 0 Å². The fraction of sp³-hybridized carbons (Fsp3) is 0.333. The van der Waals surface area contributed by atoms with Crippen molar-refractivity contribution >= 4 is 39.3 Å². The molecule has 0 fully saturated rings. The molecule has 0 saturated heterocycles. The summed E-state index contributed by atoms with van der Waals surface area (Å²) < 4.78 is 13.9. The Kier molecular flexibility index (Phi) is 4.50. The number of hydrogen-bond acceptors (Lipinski definition) is 2. The van der Waals surface area contributed by atoms with Crippen molar-refractivity contribution in [3.63, 3.8) is 0 Å². The summed E-state index contributed by atoms with van der Waals surface area (Å²) in [7, 11) is 0. The molecule has 6 heteroatoms. The largest absolute Gasteiger partial charge is 0.481 e. The van der Waals surface area contributed by atoms with Crippen LogP contribution in [-0.4, -0.2) is 16.9 Å². The zero-order valence-electron chi connectivity index (χ0n) is 9.76. The number of rotatable bonds is 4. The number of carboxylic acids is 1. The number of carboxylic acid groups (broad SMARTS) is 1. The number of carbonyl (C=O) groups is 2. The van der Waals surface area contributed by atoms with Crippen molar-refractivity contribution in [3.8, 4) is 0 Å². The summed E-state index contributed by atoms with van der Waals surface area (Å²) in [6, 6.07) is 2.28. The van der Waals surface area contributed by atoms with Gasteiger partial charge in [-0.3, -0.25) is 9.59 Å². The average Bonchev–Trinajstić information content (AvgIpc) is 2.22. The lowest BCUT2D eigenvalue weighted by Crippen LogP contribution is -2.27. The molecule has 0 radical (unpaired) electrons. The van der Waals surface area contributed by atoms with E-state index in [-0.39, 0.29) is 17.0 Å². The number of carbonyl (C=O) groups excluding carboxylic acids is 1. The minimum absolute atomic E-state index is 0.197. The van der Waals surface area contributed by atoms with Gasteiger partial charge in [0.2, 0.25) is 0 Å². The molecule has 0 aliphatic carbocycles. The predicted molar refractivity (Wildman–Crippen MR) is 69.5 cm³/mol. The van der Waals surface area contributed by atoms with Gasteiger partial charge in [-0.05, 0) is 41.9 Å². The first-order valence-electron chi connectivity index (χ1n) is 5.06. The first-order valence-corrected chi connectivity index (χ1v) is 6.23. The van der Waals surface area contributed by atoms with Crippen LogP contribution in [-0.2, 0) is 4.79 Å². The fourth-order valence-electron chi connectivity index (χ4n) is 1.31. The highest BCUT2D eigenvalue weighted by atomic mass is 79.9. The Morgan fingerprint density at radius 2 is 2.00 bits per heavy atom.